The topological polar surface area (TPSA) is 172 Å². The molecule has 12 nitrogen and oxygen atoms in total. The SMILES string of the molecule is Cc1ccc(S(=O)(=O)C2C(OCCCC(=O)N[C@@H](CC(=O)O)C(=O)O)=NON2C)cc1. The fourth-order valence-corrected chi connectivity index (χ4v) is 4.26. The van der Waals surface area contributed by atoms with Crippen LogP contribution < -0.4 is 5.32 Å². The van der Waals surface area contributed by atoms with Crippen LogP contribution in [0.3, 0.4) is 0 Å². The number of carboxylic acid groups (broad SMARTS) is 2. The highest BCUT2D eigenvalue weighted by atomic mass is 32.2. The predicted molar refractivity (Wildman–Crippen MR) is 105 cm³/mol. The third kappa shape index (κ3) is 6.39. The van der Waals surface area contributed by atoms with Crippen LogP contribution in [0.4, 0.5) is 0 Å². The van der Waals surface area contributed by atoms with Crippen molar-refractivity contribution >= 4 is 33.6 Å². The van der Waals surface area contributed by atoms with E-state index < -0.39 is 45.5 Å². The first-order valence-corrected chi connectivity index (χ1v) is 10.7. The normalized spacial score (nSPS) is 17.4. The monoisotopic (exact) mass is 457 g/mol. The van der Waals surface area contributed by atoms with Gasteiger partial charge in [-0.25, -0.2) is 13.2 Å². The molecule has 1 aliphatic rings. The molecule has 1 aromatic rings. The molecule has 0 spiro atoms. The predicted octanol–water partition coefficient (Wildman–Crippen LogP) is 0.126. The maximum Gasteiger partial charge on any atom is 0.326 e. The lowest BCUT2D eigenvalue weighted by molar-refractivity contribution is -0.147. The maximum absolute atomic E-state index is 12.9. The smallest absolute Gasteiger partial charge is 0.326 e. The number of carboxylic acids is 2. The first-order valence-electron chi connectivity index (χ1n) is 9.17. The van der Waals surface area contributed by atoms with E-state index in [9.17, 15) is 22.8 Å². The number of aryl methyl sites for hydroxylation is 1. The zero-order valence-electron chi connectivity index (χ0n) is 16.8. The van der Waals surface area contributed by atoms with E-state index >= 15 is 0 Å². The van der Waals surface area contributed by atoms with Crippen LogP contribution in [0.15, 0.2) is 34.3 Å². The summed E-state index contributed by atoms with van der Waals surface area (Å²) >= 11 is 0. The second-order valence-electron chi connectivity index (χ2n) is 6.78. The van der Waals surface area contributed by atoms with Gasteiger partial charge in [0.15, 0.2) is 0 Å². The number of amides is 1. The summed E-state index contributed by atoms with van der Waals surface area (Å²) < 4.78 is 31.3. The molecule has 1 aliphatic heterocycles. The fourth-order valence-electron chi connectivity index (χ4n) is 2.68. The van der Waals surface area contributed by atoms with Gasteiger partial charge in [0.2, 0.25) is 21.1 Å². The molecule has 0 saturated carbocycles. The van der Waals surface area contributed by atoms with Crippen LogP contribution in [-0.4, -0.2) is 72.5 Å². The Morgan fingerprint density at radius 2 is 1.90 bits per heavy atom. The summed E-state index contributed by atoms with van der Waals surface area (Å²) in [5.74, 6) is -3.70. The Balaban J connectivity index is 1.91. The second kappa shape index (κ2) is 10.2. The molecule has 1 amide bonds. The Hall–Kier alpha value is -3.19. The standard InChI is InChI=1S/C18H23N3O9S/c1-11-5-7-12(8-6-11)31(27,28)17-16(20-30-21(17)2)29-9-3-4-14(22)19-13(18(25)26)10-15(23)24/h5-8,13,17H,3-4,9-10H2,1-2H3,(H,19,22)(H,23,24)(H,25,26)/t13-,17?/m0/s1. The molecule has 170 valence electrons. The van der Waals surface area contributed by atoms with Crippen LogP contribution >= 0.6 is 0 Å². The van der Waals surface area contributed by atoms with Crippen molar-refractivity contribution in [2.75, 3.05) is 13.7 Å². The third-order valence-corrected chi connectivity index (χ3v) is 6.27. The van der Waals surface area contributed by atoms with E-state index in [0.29, 0.717) is 0 Å². The maximum atomic E-state index is 12.9. The highest BCUT2D eigenvalue weighted by Crippen LogP contribution is 2.24. The van der Waals surface area contributed by atoms with E-state index in [1.165, 1.54) is 19.2 Å². The largest absolute Gasteiger partial charge is 0.481 e. The quantitative estimate of drug-likeness (QED) is 0.410. The van der Waals surface area contributed by atoms with Crippen molar-refractivity contribution in [2.45, 2.75) is 42.5 Å². The van der Waals surface area contributed by atoms with Gasteiger partial charge in [-0.3, -0.25) is 14.5 Å². The summed E-state index contributed by atoms with van der Waals surface area (Å²) in [5, 5.41) is 23.1. The molecular formula is C18H23N3O9S. The molecule has 0 saturated heterocycles. The molecular weight excluding hydrogens is 434 g/mol. The molecule has 1 unspecified atom stereocenters. The molecule has 0 bridgehead atoms. The third-order valence-electron chi connectivity index (χ3n) is 4.25. The minimum absolute atomic E-state index is 0.0641. The zero-order valence-corrected chi connectivity index (χ0v) is 17.7. The van der Waals surface area contributed by atoms with Crippen molar-refractivity contribution in [2.24, 2.45) is 5.16 Å². The zero-order chi connectivity index (χ0) is 23.2. The van der Waals surface area contributed by atoms with Crippen LogP contribution in [0.1, 0.15) is 24.8 Å². The molecule has 3 N–H and O–H groups in total. The highest BCUT2D eigenvalue weighted by molar-refractivity contribution is 7.92. The fraction of sp³-hybridized carbons (Fsp3) is 0.444. The van der Waals surface area contributed by atoms with Gasteiger partial charge in [-0.15, -0.1) is 0 Å². The number of oxime groups is 1. The first kappa shape index (κ1) is 24.1. The number of hydrogen-bond acceptors (Lipinski definition) is 9. The van der Waals surface area contributed by atoms with Crippen LogP contribution in [0, 0.1) is 6.92 Å². The number of ether oxygens (including phenoxy) is 1. The van der Waals surface area contributed by atoms with E-state index in [2.05, 4.69) is 10.5 Å². The lowest BCUT2D eigenvalue weighted by Crippen LogP contribution is -2.42. The van der Waals surface area contributed by atoms with Crippen molar-refractivity contribution in [3.05, 3.63) is 29.8 Å². The number of nitrogens with one attached hydrogen (secondary N) is 1. The summed E-state index contributed by atoms with van der Waals surface area (Å²) in [6.45, 7) is 1.73. The molecule has 0 radical (unpaired) electrons. The Labute approximate surface area is 178 Å². The van der Waals surface area contributed by atoms with E-state index in [1.54, 1.807) is 12.1 Å². The van der Waals surface area contributed by atoms with Gasteiger partial charge in [0, 0.05) is 13.5 Å². The van der Waals surface area contributed by atoms with Crippen LogP contribution in [-0.2, 0) is 33.9 Å². The van der Waals surface area contributed by atoms with Gasteiger partial charge in [0.1, 0.15) is 6.04 Å². The van der Waals surface area contributed by atoms with E-state index in [-0.39, 0.29) is 30.2 Å². The molecule has 0 aliphatic carbocycles. The summed E-state index contributed by atoms with van der Waals surface area (Å²) in [6.07, 6.45) is -0.815. The number of aliphatic carboxylic acids is 2. The lowest BCUT2D eigenvalue weighted by atomic mass is 10.2. The minimum Gasteiger partial charge on any atom is -0.481 e. The van der Waals surface area contributed by atoms with Crippen molar-refractivity contribution in [1.82, 2.24) is 10.4 Å². The average molecular weight is 457 g/mol. The summed E-state index contributed by atoms with van der Waals surface area (Å²) in [6, 6.07) is 4.71. The summed E-state index contributed by atoms with van der Waals surface area (Å²) in [7, 11) is -2.51. The van der Waals surface area contributed by atoms with Gasteiger partial charge >= 0.3 is 11.9 Å². The number of hydroxylamine groups is 2. The molecule has 13 heteroatoms. The van der Waals surface area contributed by atoms with Gasteiger partial charge in [-0.1, -0.05) is 22.8 Å². The van der Waals surface area contributed by atoms with Crippen LogP contribution in [0.25, 0.3) is 0 Å². The minimum atomic E-state index is -3.90. The van der Waals surface area contributed by atoms with E-state index in [0.717, 1.165) is 10.6 Å². The van der Waals surface area contributed by atoms with Gasteiger partial charge in [0.05, 0.1) is 17.9 Å². The molecule has 2 rings (SSSR count). The van der Waals surface area contributed by atoms with Crippen molar-refractivity contribution in [3.63, 3.8) is 0 Å². The Morgan fingerprint density at radius 1 is 1.26 bits per heavy atom. The van der Waals surface area contributed by atoms with Gasteiger partial charge in [-0.05, 0) is 30.6 Å². The van der Waals surface area contributed by atoms with Gasteiger partial charge < -0.3 is 20.3 Å². The Kier molecular flexibility index (Phi) is 7.94. The number of carbonyl (C=O) groups is 3. The van der Waals surface area contributed by atoms with Crippen LogP contribution in [0.2, 0.25) is 0 Å². The Morgan fingerprint density at radius 3 is 2.48 bits per heavy atom. The number of nitrogens with zero attached hydrogens (tertiary/aromatic N) is 2. The van der Waals surface area contributed by atoms with Gasteiger partial charge in [0.25, 0.3) is 5.90 Å². The number of sulfone groups is 1. The molecule has 0 fully saturated rings. The second-order valence-corrected chi connectivity index (χ2v) is 8.78. The molecule has 31 heavy (non-hydrogen) atoms. The molecule has 0 aromatic heterocycles. The summed E-state index contributed by atoms with van der Waals surface area (Å²) in [5.41, 5.74) is 0.895. The molecule has 1 heterocycles. The van der Waals surface area contributed by atoms with Crippen molar-refractivity contribution < 1.29 is 42.7 Å². The number of benzene rings is 1. The number of hydrogen-bond donors (Lipinski definition) is 3. The lowest BCUT2D eigenvalue weighted by Gasteiger charge is -2.18. The summed E-state index contributed by atoms with van der Waals surface area (Å²) in [4.78, 5) is 38.5. The molecule has 1 aromatic carbocycles. The van der Waals surface area contributed by atoms with Crippen molar-refractivity contribution in [3.8, 4) is 0 Å². The van der Waals surface area contributed by atoms with E-state index in [1.807, 2.05) is 6.92 Å². The van der Waals surface area contributed by atoms with Crippen LogP contribution in [0.5, 0.6) is 0 Å². The Bertz CT molecular complexity index is 960. The number of carbonyl (C=O) groups excluding carboxylic acids is 1. The number of rotatable bonds is 10. The van der Waals surface area contributed by atoms with Gasteiger partial charge in [-0.2, -0.15) is 0 Å². The van der Waals surface area contributed by atoms with E-state index in [4.69, 9.17) is 19.9 Å². The van der Waals surface area contributed by atoms with Crippen molar-refractivity contribution in [1.29, 1.82) is 0 Å². The highest BCUT2D eigenvalue weighted by Gasteiger charge is 2.43. The number of likely N-dealkylation sites (N-methyl/N-ethyl adjacent to an activating group) is 1. The average Bonchev–Trinajstić information content (AvgIpc) is 3.06. The molecule has 2 atom stereocenters. The first-order chi connectivity index (χ1) is 14.5.